The van der Waals surface area contributed by atoms with E-state index in [9.17, 15) is 4.39 Å². The van der Waals surface area contributed by atoms with Crippen molar-refractivity contribution in [2.24, 2.45) is 0 Å². The molecule has 0 spiro atoms. The van der Waals surface area contributed by atoms with E-state index in [-0.39, 0.29) is 24.3 Å². The highest BCUT2D eigenvalue weighted by Crippen LogP contribution is 2.20. The normalized spacial score (nSPS) is 15.9. The zero-order chi connectivity index (χ0) is 15.4. The van der Waals surface area contributed by atoms with Crippen molar-refractivity contribution in [2.45, 2.75) is 25.5 Å². The summed E-state index contributed by atoms with van der Waals surface area (Å²) in [6.45, 7) is 2.93. The first-order valence-electron chi connectivity index (χ1n) is 7.68. The van der Waals surface area contributed by atoms with Gasteiger partial charge < -0.3 is 10.5 Å². The van der Waals surface area contributed by atoms with Crippen molar-refractivity contribution >= 4 is 18.1 Å². The van der Waals surface area contributed by atoms with Gasteiger partial charge in [-0.05, 0) is 54.8 Å². The van der Waals surface area contributed by atoms with Crippen LogP contribution in [0.4, 0.5) is 10.1 Å². The predicted octanol–water partition coefficient (Wildman–Crippen LogP) is 3.87. The summed E-state index contributed by atoms with van der Waals surface area (Å²) in [4.78, 5) is 2.42. The highest BCUT2D eigenvalue weighted by atomic mass is 35.5. The molecule has 0 amide bonds. The molecule has 5 heteroatoms. The highest BCUT2D eigenvalue weighted by molar-refractivity contribution is 5.85. The number of benzene rings is 2. The first-order valence-corrected chi connectivity index (χ1v) is 7.68. The molecule has 1 aliphatic rings. The zero-order valence-corrected chi connectivity index (χ0v) is 13.8. The van der Waals surface area contributed by atoms with Crippen molar-refractivity contribution in [2.75, 3.05) is 18.8 Å². The number of nitrogen functional groups attached to an aromatic ring is 1. The van der Waals surface area contributed by atoms with E-state index < -0.39 is 0 Å². The van der Waals surface area contributed by atoms with Crippen molar-refractivity contribution in [1.82, 2.24) is 4.90 Å². The van der Waals surface area contributed by atoms with Crippen LogP contribution >= 0.6 is 12.4 Å². The van der Waals surface area contributed by atoms with Crippen LogP contribution in [0.1, 0.15) is 18.4 Å². The third-order valence-electron chi connectivity index (χ3n) is 4.01. The van der Waals surface area contributed by atoms with E-state index in [0.717, 1.165) is 43.9 Å². The fraction of sp³-hybridized carbons (Fsp3) is 0.333. The maximum atomic E-state index is 12.9. The average Bonchev–Trinajstić information content (AvgIpc) is 2.52. The molecule has 2 aromatic rings. The molecule has 3 nitrogen and oxygen atoms in total. The summed E-state index contributed by atoms with van der Waals surface area (Å²) < 4.78 is 18.8. The number of hydrogen-bond acceptors (Lipinski definition) is 3. The molecule has 1 saturated heterocycles. The third-order valence-corrected chi connectivity index (χ3v) is 4.01. The molecule has 0 unspecified atom stereocenters. The first-order chi connectivity index (χ1) is 10.7. The van der Waals surface area contributed by atoms with Crippen LogP contribution in [0.5, 0.6) is 5.75 Å². The second-order valence-corrected chi connectivity index (χ2v) is 5.79. The van der Waals surface area contributed by atoms with Crippen LogP contribution in [0, 0.1) is 5.82 Å². The van der Waals surface area contributed by atoms with Crippen LogP contribution in [0.25, 0.3) is 0 Å². The van der Waals surface area contributed by atoms with Gasteiger partial charge in [-0.15, -0.1) is 12.4 Å². The smallest absolute Gasteiger partial charge is 0.123 e. The van der Waals surface area contributed by atoms with E-state index in [0.29, 0.717) is 0 Å². The maximum Gasteiger partial charge on any atom is 0.123 e. The Labute approximate surface area is 142 Å². The fourth-order valence-electron chi connectivity index (χ4n) is 2.84. The van der Waals surface area contributed by atoms with Crippen LogP contribution in [0.15, 0.2) is 48.5 Å². The number of likely N-dealkylation sites (tertiary alicyclic amines) is 1. The van der Waals surface area contributed by atoms with Gasteiger partial charge in [0.1, 0.15) is 17.7 Å². The fourth-order valence-corrected chi connectivity index (χ4v) is 2.84. The number of nitrogens with zero attached hydrogens (tertiary/aromatic N) is 1. The van der Waals surface area contributed by atoms with Crippen LogP contribution < -0.4 is 10.5 Å². The number of piperidine rings is 1. The summed E-state index contributed by atoms with van der Waals surface area (Å²) in [6, 6.07) is 14.3. The quantitative estimate of drug-likeness (QED) is 0.861. The van der Waals surface area contributed by atoms with Gasteiger partial charge in [-0.25, -0.2) is 4.39 Å². The lowest BCUT2D eigenvalue weighted by Gasteiger charge is -2.32. The van der Waals surface area contributed by atoms with Crippen molar-refractivity contribution in [3.63, 3.8) is 0 Å². The summed E-state index contributed by atoms with van der Waals surface area (Å²) in [5.74, 6) is 0.514. The molecule has 0 bridgehead atoms. The second-order valence-electron chi connectivity index (χ2n) is 5.79. The van der Waals surface area contributed by atoms with E-state index in [2.05, 4.69) is 11.0 Å². The third kappa shape index (κ3) is 5.12. The van der Waals surface area contributed by atoms with Crippen LogP contribution in [-0.2, 0) is 6.54 Å². The van der Waals surface area contributed by atoms with Gasteiger partial charge in [0.05, 0.1) is 0 Å². The number of ether oxygens (including phenoxy) is 1. The molecule has 124 valence electrons. The van der Waals surface area contributed by atoms with E-state index in [1.165, 1.54) is 17.7 Å². The Morgan fingerprint density at radius 1 is 1.09 bits per heavy atom. The topological polar surface area (TPSA) is 38.5 Å². The molecule has 1 fully saturated rings. The molecule has 1 aliphatic heterocycles. The van der Waals surface area contributed by atoms with Gasteiger partial charge in [0.2, 0.25) is 0 Å². The summed E-state index contributed by atoms with van der Waals surface area (Å²) in [5.41, 5.74) is 7.88. The highest BCUT2D eigenvalue weighted by Gasteiger charge is 2.20. The molecule has 23 heavy (non-hydrogen) atoms. The molecule has 2 N–H and O–H groups in total. The standard InChI is InChI=1S/C18H21FN2O.ClH/c19-15-4-6-17(7-5-15)22-18-8-10-21(11-9-18)13-14-2-1-3-16(20)12-14;/h1-7,12,18H,8-11,13,20H2;1H. The monoisotopic (exact) mass is 336 g/mol. The Morgan fingerprint density at radius 2 is 1.78 bits per heavy atom. The lowest BCUT2D eigenvalue weighted by atomic mass is 10.1. The molecular weight excluding hydrogens is 315 g/mol. The zero-order valence-electron chi connectivity index (χ0n) is 13.0. The maximum absolute atomic E-state index is 12.9. The molecule has 1 heterocycles. The first kappa shape index (κ1) is 17.6. The molecule has 0 saturated carbocycles. The second kappa shape index (κ2) is 8.18. The summed E-state index contributed by atoms with van der Waals surface area (Å²) in [7, 11) is 0. The lowest BCUT2D eigenvalue weighted by Crippen LogP contribution is -2.37. The lowest BCUT2D eigenvalue weighted by molar-refractivity contribution is 0.0967. The van der Waals surface area contributed by atoms with E-state index in [1.54, 1.807) is 12.1 Å². The van der Waals surface area contributed by atoms with Gasteiger partial charge in [0.25, 0.3) is 0 Å². The van der Waals surface area contributed by atoms with Gasteiger partial charge in [-0.1, -0.05) is 12.1 Å². The van der Waals surface area contributed by atoms with Gasteiger partial charge in [0.15, 0.2) is 0 Å². The Morgan fingerprint density at radius 3 is 2.43 bits per heavy atom. The Kier molecular flexibility index (Phi) is 6.25. The largest absolute Gasteiger partial charge is 0.490 e. The minimum atomic E-state index is -0.232. The number of anilines is 1. The molecule has 0 aromatic heterocycles. The molecular formula is C18H22ClFN2O. The number of hydrogen-bond donors (Lipinski definition) is 1. The van der Waals surface area contributed by atoms with Crippen molar-refractivity contribution in [3.8, 4) is 5.75 Å². The molecule has 3 rings (SSSR count). The Bertz CT molecular complexity index is 613. The summed E-state index contributed by atoms with van der Waals surface area (Å²) in [6.07, 6.45) is 2.18. The van der Waals surface area contributed by atoms with Gasteiger partial charge in [-0.2, -0.15) is 0 Å². The minimum Gasteiger partial charge on any atom is -0.490 e. The average molecular weight is 337 g/mol. The van der Waals surface area contributed by atoms with Crippen LogP contribution in [0.2, 0.25) is 0 Å². The molecule has 2 aromatic carbocycles. The molecule has 0 radical (unpaired) electrons. The Balaban J connectivity index is 0.00000192. The van der Waals surface area contributed by atoms with E-state index >= 15 is 0 Å². The van der Waals surface area contributed by atoms with E-state index in [4.69, 9.17) is 10.5 Å². The number of nitrogens with two attached hydrogens (primary N) is 1. The predicted molar refractivity (Wildman–Crippen MR) is 93.4 cm³/mol. The number of halogens is 2. The molecule has 0 aliphatic carbocycles. The van der Waals surface area contributed by atoms with Crippen LogP contribution in [0.3, 0.4) is 0 Å². The summed E-state index contributed by atoms with van der Waals surface area (Å²) >= 11 is 0. The minimum absolute atomic E-state index is 0. The van der Waals surface area contributed by atoms with Gasteiger partial charge in [0, 0.05) is 25.3 Å². The Hall–Kier alpha value is -1.78. The van der Waals surface area contributed by atoms with Gasteiger partial charge in [-0.3, -0.25) is 4.90 Å². The van der Waals surface area contributed by atoms with Crippen molar-refractivity contribution in [3.05, 3.63) is 59.9 Å². The van der Waals surface area contributed by atoms with Crippen molar-refractivity contribution in [1.29, 1.82) is 0 Å². The SMILES string of the molecule is Cl.Nc1cccc(CN2CCC(Oc3ccc(F)cc3)CC2)c1. The van der Waals surface area contributed by atoms with E-state index in [1.807, 2.05) is 18.2 Å². The van der Waals surface area contributed by atoms with Gasteiger partial charge >= 0.3 is 0 Å². The van der Waals surface area contributed by atoms with Crippen LogP contribution in [-0.4, -0.2) is 24.1 Å². The number of rotatable bonds is 4. The molecule has 0 atom stereocenters. The van der Waals surface area contributed by atoms with Crippen molar-refractivity contribution < 1.29 is 9.13 Å². The summed E-state index contributed by atoms with van der Waals surface area (Å²) in [5, 5.41) is 0.